The average molecular weight is 435 g/mol. The molecular weight excluding hydrogens is 404 g/mol. The smallest absolute Gasteiger partial charge is 0.321 e. The van der Waals surface area contributed by atoms with E-state index in [-0.39, 0.29) is 23.0 Å². The fourth-order valence-corrected chi connectivity index (χ4v) is 4.77. The molecule has 3 atom stereocenters. The summed E-state index contributed by atoms with van der Waals surface area (Å²) in [6.07, 6.45) is 0.763. The lowest BCUT2D eigenvalue weighted by atomic mass is 10.1. The summed E-state index contributed by atoms with van der Waals surface area (Å²) in [6.45, 7) is 4.43. The fraction of sp³-hybridized carbons (Fsp3) is 0.571. The largest absolute Gasteiger partial charge is 0.492 e. The van der Waals surface area contributed by atoms with Crippen molar-refractivity contribution < 1.29 is 19.4 Å². The van der Waals surface area contributed by atoms with Crippen LogP contribution in [0.2, 0.25) is 0 Å². The third-order valence-electron chi connectivity index (χ3n) is 4.84. The van der Waals surface area contributed by atoms with Gasteiger partial charge in [-0.2, -0.15) is 5.26 Å². The summed E-state index contributed by atoms with van der Waals surface area (Å²) in [5.41, 5.74) is 0.923. The third kappa shape index (κ3) is 6.82. The van der Waals surface area contributed by atoms with Gasteiger partial charge < -0.3 is 25.0 Å². The number of amides is 1. The number of thioether (sulfide) groups is 1. The maximum atomic E-state index is 12.7. The van der Waals surface area contributed by atoms with Gasteiger partial charge in [0.15, 0.2) is 0 Å². The Morgan fingerprint density at radius 3 is 2.87 bits per heavy atom. The molecule has 0 aliphatic carbocycles. The molecule has 1 aromatic carbocycles. The van der Waals surface area contributed by atoms with Gasteiger partial charge in [0.1, 0.15) is 18.3 Å². The Morgan fingerprint density at radius 2 is 2.23 bits per heavy atom. The number of anilines is 1. The van der Waals surface area contributed by atoms with E-state index >= 15 is 0 Å². The van der Waals surface area contributed by atoms with E-state index < -0.39 is 11.9 Å². The number of likely N-dealkylation sites (N-methyl/N-ethyl adjacent to an activating group) is 1. The summed E-state index contributed by atoms with van der Waals surface area (Å²) in [6, 6.07) is 9.54. The second-order valence-electron chi connectivity index (χ2n) is 7.35. The molecule has 164 valence electrons. The van der Waals surface area contributed by atoms with Crippen LogP contribution in [0.5, 0.6) is 5.75 Å². The molecule has 1 fully saturated rings. The van der Waals surface area contributed by atoms with Crippen LogP contribution in [0, 0.1) is 17.2 Å². The van der Waals surface area contributed by atoms with Crippen LogP contribution in [0.1, 0.15) is 19.8 Å². The van der Waals surface area contributed by atoms with Crippen molar-refractivity contribution in [3.8, 4) is 11.8 Å². The molecule has 0 aromatic heterocycles. The van der Waals surface area contributed by atoms with E-state index in [1.165, 1.54) is 11.8 Å². The molecule has 1 aliphatic rings. The highest BCUT2D eigenvalue weighted by molar-refractivity contribution is 8.01. The van der Waals surface area contributed by atoms with Gasteiger partial charge >= 0.3 is 5.97 Å². The number of nitrogens with zero attached hydrogens (tertiary/aromatic N) is 3. The van der Waals surface area contributed by atoms with Gasteiger partial charge in [-0.25, -0.2) is 0 Å². The molecule has 0 bridgehead atoms. The Bertz CT molecular complexity index is 768. The van der Waals surface area contributed by atoms with Gasteiger partial charge in [0.05, 0.1) is 16.7 Å². The predicted molar refractivity (Wildman–Crippen MR) is 118 cm³/mol. The number of aliphatic carboxylic acids is 1. The van der Waals surface area contributed by atoms with E-state index in [2.05, 4.69) is 10.2 Å². The van der Waals surface area contributed by atoms with Crippen molar-refractivity contribution in [3.05, 3.63) is 24.3 Å². The zero-order valence-electron chi connectivity index (χ0n) is 17.7. The zero-order valence-corrected chi connectivity index (χ0v) is 18.5. The Hall–Kier alpha value is -2.44. The quantitative estimate of drug-likeness (QED) is 0.516. The molecule has 1 saturated heterocycles. The first kappa shape index (κ1) is 23.8. The topological polar surface area (TPSA) is 106 Å². The molecule has 0 spiro atoms. The molecule has 0 radical (unpaired) electrons. The van der Waals surface area contributed by atoms with Crippen molar-refractivity contribution in [1.82, 2.24) is 9.80 Å². The van der Waals surface area contributed by atoms with Crippen molar-refractivity contribution in [2.45, 2.75) is 30.4 Å². The van der Waals surface area contributed by atoms with Crippen LogP contribution in [0.25, 0.3) is 0 Å². The summed E-state index contributed by atoms with van der Waals surface area (Å²) >= 11 is 1.46. The maximum Gasteiger partial charge on any atom is 0.321 e. The van der Waals surface area contributed by atoms with E-state index in [0.717, 1.165) is 18.0 Å². The summed E-state index contributed by atoms with van der Waals surface area (Å²) in [7, 11) is 3.99. The Balaban J connectivity index is 1.86. The summed E-state index contributed by atoms with van der Waals surface area (Å²) < 4.78 is 5.74. The SMILES string of the molecule is CCN1C(=O)C(CCNc2cccc(OCCN(C)C)c2)SC1CC(C#N)C(=O)O. The van der Waals surface area contributed by atoms with Crippen molar-refractivity contribution in [2.75, 3.05) is 45.7 Å². The minimum Gasteiger partial charge on any atom is -0.492 e. The highest BCUT2D eigenvalue weighted by Crippen LogP contribution is 2.36. The van der Waals surface area contributed by atoms with Gasteiger partial charge in [0.25, 0.3) is 0 Å². The van der Waals surface area contributed by atoms with Crippen LogP contribution in [0.4, 0.5) is 5.69 Å². The van der Waals surface area contributed by atoms with Crippen LogP contribution in [0.15, 0.2) is 24.3 Å². The first-order chi connectivity index (χ1) is 14.3. The number of carbonyl (C=O) groups is 2. The maximum absolute atomic E-state index is 12.7. The first-order valence-electron chi connectivity index (χ1n) is 10.1. The van der Waals surface area contributed by atoms with Gasteiger partial charge in [-0.15, -0.1) is 11.8 Å². The number of carboxylic acids is 1. The van der Waals surface area contributed by atoms with Gasteiger partial charge in [-0.05, 0) is 39.6 Å². The molecule has 30 heavy (non-hydrogen) atoms. The van der Waals surface area contributed by atoms with Crippen molar-refractivity contribution in [2.24, 2.45) is 5.92 Å². The van der Waals surface area contributed by atoms with E-state index in [0.29, 0.717) is 26.1 Å². The molecule has 0 saturated carbocycles. The normalized spacial score (nSPS) is 19.6. The number of rotatable bonds is 12. The average Bonchev–Trinajstić information content (AvgIpc) is 3.00. The fourth-order valence-electron chi connectivity index (χ4n) is 3.18. The Morgan fingerprint density at radius 1 is 1.47 bits per heavy atom. The van der Waals surface area contributed by atoms with Crippen molar-refractivity contribution in [1.29, 1.82) is 5.26 Å². The van der Waals surface area contributed by atoms with Crippen LogP contribution in [-0.2, 0) is 9.59 Å². The number of carbonyl (C=O) groups excluding carboxylic acids is 1. The molecule has 2 rings (SSSR count). The third-order valence-corrected chi connectivity index (χ3v) is 6.36. The lowest BCUT2D eigenvalue weighted by Gasteiger charge is -2.22. The van der Waals surface area contributed by atoms with Crippen LogP contribution < -0.4 is 10.1 Å². The van der Waals surface area contributed by atoms with Gasteiger partial charge in [0.2, 0.25) is 5.91 Å². The summed E-state index contributed by atoms with van der Waals surface area (Å²) in [5, 5.41) is 21.0. The second kappa shape index (κ2) is 11.7. The Kier molecular flexibility index (Phi) is 9.27. The number of hydrogen-bond donors (Lipinski definition) is 2. The van der Waals surface area contributed by atoms with Crippen molar-refractivity contribution >= 4 is 29.3 Å². The number of nitrogens with one attached hydrogen (secondary N) is 1. The number of hydrogen-bond acceptors (Lipinski definition) is 7. The molecule has 1 aromatic rings. The number of benzene rings is 1. The van der Waals surface area contributed by atoms with Crippen LogP contribution in [0.3, 0.4) is 0 Å². The molecule has 1 amide bonds. The van der Waals surface area contributed by atoms with Crippen molar-refractivity contribution in [3.63, 3.8) is 0 Å². The monoisotopic (exact) mass is 434 g/mol. The van der Waals surface area contributed by atoms with E-state index in [1.807, 2.05) is 51.4 Å². The van der Waals surface area contributed by atoms with Crippen LogP contribution >= 0.6 is 11.8 Å². The summed E-state index contributed by atoms with van der Waals surface area (Å²) in [5.74, 6) is -1.44. The Labute approximate surface area is 182 Å². The number of ether oxygens (including phenoxy) is 1. The standard InChI is InChI=1S/C21H30N4O4S/c1-4-25-19(12-15(14-22)21(27)28)30-18(20(25)26)8-9-23-16-6-5-7-17(13-16)29-11-10-24(2)3/h5-7,13,15,18-19,23H,4,8-12H2,1-3H3,(H,27,28). The number of carboxylic acid groups (broad SMARTS) is 1. The highest BCUT2D eigenvalue weighted by Gasteiger charge is 2.40. The van der Waals surface area contributed by atoms with Gasteiger partial charge in [-0.3, -0.25) is 9.59 Å². The second-order valence-corrected chi connectivity index (χ2v) is 8.74. The highest BCUT2D eigenvalue weighted by atomic mass is 32.2. The van der Waals surface area contributed by atoms with Gasteiger partial charge in [-0.1, -0.05) is 6.07 Å². The predicted octanol–water partition coefficient (Wildman–Crippen LogP) is 2.33. The lowest BCUT2D eigenvalue weighted by Crippen LogP contribution is -2.36. The molecule has 1 aliphatic heterocycles. The first-order valence-corrected chi connectivity index (χ1v) is 11.0. The molecule has 1 heterocycles. The molecule has 2 N–H and O–H groups in total. The molecule has 9 heteroatoms. The lowest BCUT2D eigenvalue weighted by molar-refractivity contribution is -0.141. The zero-order chi connectivity index (χ0) is 22.1. The molecular formula is C21H30N4O4S. The molecule has 8 nitrogen and oxygen atoms in total. The summed E-state index contributed by atoms with van der Waals surface area (Å²) in [4.78, 5) is 27.6. The van der Waals surface area contributed by atoms with E-state index in [4.69, 9.17) is 15.1 Å². The van der Waals surface area contributed by atoms with Crippen LogP contribution in [-0.4, -0.2) is 77.7 Å². The minimum atomic E-state index is -1.14. The van der Waals surface area contributed by atoms with E-state index in [1.54, 1.807) is 4.90 Å². The van der Waals surface area contributed by atoms with E-state index in [9.17, 15) is 9.59 Å². The number of nitriles is 1. The minimum absolute atomic E-state index is 0.0112. The molecule has 3 unspecified atom stereocenters. The van der Waals surface area contributed by atoms with Gasteiger partial charge in [0, 0.05) is 37.8 Å².